The van der Waals surface area contributed by atoms with Gasteiger partial charge in [0.15, 0.2) is 5.13 Å². The van der Waals surface area contributed by atoms with E-state index in [1.165, 1.54) is 11.3 Å². The summed E-state index contributed by atoms with van der Waals surface area (Å²) >= 11 is 1.47. The Hall–Kier alpha value is -2.08. The van der Waals surface area contributed by atoms with Crippen LogP contribution in [0.1, 0.15) is 16.9 Å². The minimum Gasteiger partial charge on any atom is -0.497 e. The van der Waals surface area contributed by atoms with E-state index in [2.05, 4.69) is 10.3 Å². The molecule has 21 heavy (non-hydrogen) atoms. The first-order chi connectivity index (χ1) is 10.1. The monoisotopic (exact) mass is 306 g/mol. The molecule has 0 saturated heterocycles. The lowest BCUT2D eigenvalue weighted by Gasteiger charge is -2.08. The zero-order valence-electron chi connectivity index (χ0n) is 12.3. The van der Waals surface area contributed by atoms with E-state index >= 15 is 0 Å². The maximum atomic E-state index is 11.9. The summed E-state index contributed by atoms with van der Waals surface area (Å²) < 4.78 is 10.4. The van der Waals surface area contributed by atoms with Crippen molar-refractivity contribution in [2.24, 2.45) is 0 Å². The molecule has 112 valence electrons. The summed E-state index contributed by atoms with van der Waals surface area (Å²) in [6, 6.07) is 5.62. The normalized spacial score (nSPS) is 10.2. The van der Waals surface area contributed by atoms with Gasteiger partial charge in [0.25, 0.3) is 0 Å². The molecule has 2 rings (SSSR count). The number of carbonyl (C=O) groups is 1. The fraction of sp³-hybridized carbons (Fsp3) is 0.333. The quantitative estimate of drug-likeness (QED) is 0.891. The topological polar surface area (TPSA) is 60.5 Å². The van der Waals surface area contributed by atoms with E-state index in [1.54, 1.807) is 20.4 Å². The lowest BCUT2D eigenvalue weighted by atomic mass is 10.1. The Kier molecular flexibility index (Phi) is 5.16. The second-order valence-electron chi connectivity index (χ2n) is 4.55. The number of nitrogens with one attached hydrogen (secondary N) is 1. The van der Waals surface area contributed by atoms with Crippen LogP contribution in [-0.2, 0) is 11.2 Å². The summed E-state index contributed by atoms with van der Waals surface area (Å²) in [7, 11) is 3.21. The average molecular weight is 306 g/mol. The maximum Gasteiger partial charge on any atom is 0.226 e. The van der Waals surface area contributed by atoms with Crippen molar-refractivity contribution >= 4 is 22.4 Å². The Labute approximate surface area is 127 Å². The number of hydrogen-bond donors (Lipinski definition) is 1. The highest BCUT2D eigenvalue weighted by molar-refractivity contribution is 7.15. The van der Waals surface area contributed by atoms with Gasteiger partial charge in [-0.15, -0.1) is 11.3 Å². The number of methoxy groups -OCH3 is 2. The van der Waals surface area contributed by atoms with Crippen LogP contribution in [0.4, 0.5) is 5.13 Å². The molecule has 1 aromatic carbocycles. The molecule has 1 N–H and O–H groups in total. The Morgan fingerprint density at radius 3 is 2.43 bits per heavy atom. The first kappa shape index (κ1) is 15.3. The number of amides is 1. The van der Waals surface area contributed by atoms with Crippen molar-refractivity contribution in [1.82, 2.24) is 4.98 Å². The molecule has 0 aliphatic heterocycles. The van der Waals surface area contributed by atoms with Crippen LogP contribution < -0.4 is 14.8 Å². The maximum absolute atomic E-state index is 11.9. The van der Waals surface area contributed by atoms with Crippen molar-refractivity contribution in [3.05, 3.63) is 34.8 Å². The van der Waals surface area contributed by atoms with E-state index in [1.807, 2.05) is 25.1 Å². The average Bonchev–Trinajstić information content (AvgIpc) is 2.89. The number of thiazole rings is 1. The Bertz CT molecular complexity index is 603. The zero-order valence-corrected chi connectivity index (χ0v) is 13.1. The number of nitrogens with zero attached hydrogens (tertiary/aromatic N) is 1. The minimum absolute atomic E-state index is 0.0499. The summed E-state index contributed by atoms with van der Waals surface area (Å²) in [6.45, 7) is 1.95. The lowest BCUT2D eigenvalue weighted by Crippen LogP contribution is -2.12. The summed E-state index contributed by atoms with van der Waals surface area (Å²) in [6.07, 6.45) is 2.74. The Morgan fingerprint density at radius 1 is 1.24 bits per heavy atom. The Morgan fingerprint density at radius 2 is 1.90 bits per heavy atom. The van der Waals surface area contributed by atoms with E-state index in [4.69, 9.17) is 9.47 Å². The van der Waals surface area contributed by atoms with Crippen LogP contribution in [-0.4, -0.2) is 25.1 Å². The van der Waals surface area contributed by atoms with Crippen molar-refractivity contribution in [3.63, 3.8) is 0 Å². The molecular formula is C15H18N2O3S. The summed E-state index contributed by atoms with van der Waals surface area (Å²) in [5.74, 6) is 1.40. The molecule has 0 atom stereocenters. The summed E-state index contributed by atoms with van der Waals surface area (Å²) in [4.78, 5) is 17.1. The first-order valence-electron chi connectivity index (χ1n) is 6.55. The predicted molar refractivity (Wildman–Crippen MR) is 83.3 cm³/mol. The van der Waals surface area contributed by atoms with Crippen molar-refractivity contribution in [2.75, 3.05) is 19.5 Å². The van der Waals surface area contributed by atoms with E-state index in [9.17, 15) is 4.79 Å². The fourth-order valence-corrected chi connectivity index (χ4v) is 2.54. The molecule has 0 radical (unpaired) electrons. The van der Waals surface area contributed by atoms with Crippen LogP contribution in [0.15, 0.2) is 24.4 Å². The molecule has 0 unspecified atom stereocenters. The van der Waals surface area contributed by atoms with Crippen LogP contribution in [0.2, 0.25) is 0 Å². The number of carbonyl (C=O) groups excluding carboxylic acids is 1. The van der Waals surface area contributed by atoms with Crippen molar-refractivity contribution in [3.8, 4) is 11.5 Å². The third kappa shape index (κ3) is 4.46. The summed E-state index contributed by atoms with van der Waals surface area (Å²) in [5, 5.41) is 3.44. The smallest absolute Gasteiger partial charge is 0.226 e. The highest BCUT2D eigenvalue weighted by Crippen LogP contribution is 2.23. The third-order valence-electron chi connectivity index (χ3n) is 2.92. The van der Waals surface area contributed by atoms with Gasteiger partial charge in [0.05, 0.1) is 14.2 Å². The molecule has 0 aliphatic rings. The molecular weight excluding hydrogens is 288 g/mol. The van der Waals surface area contributed by atoms with Gasteiger partial charge in [-0.2, -0.15) is 0 Å². The second-order valence-corrected chi connectivity index (χ2v) is 5.78. The van der Waals surface area contributed by atoms with E-state index in [-0.39, 0.29) is 5.91 Å². The molecule has 0 bridgehead atoms. The van der Waals surface area contributed by atoms with Gasteiger partial charge in [0.1, 0.15) is 11.5 Å². The fourth-order valence-electron chi connectivity index (χ4n) is 1.86. The van der Waals surface area contributed by atoms with Crippen molar-refractivity contribution in [1.29, 1.82) is 0 Å². The molecule has 0 spiro atoms. The van der Waals surface area contributed by atoms with Gasteiger partial charge >= 0.3 is 0 Å². The largest absolute Gasteiger partial charge is 0.497 e. The number of aryl methyl sites for hydroxylation is 2. The number of anilines is 1. The number of hydrogen-bond acceptors (Lipinski definition) is 5. The predicted octanol–water partition coefficient (Wildman–Crippen LogP) is 3.04. The molecule has 5 nitrogen and oxygen atoms in total. The number of rotatable bonds is 6. The van der Waals surface area contributed by atoms with Crippen LogP contribution in [0.25, 0.3) is 0 Å². The van der Waals surface area contributed by atoms with E-state index < -0.39 is 0 Å². The van der Waals surface area contributed by atoms with Crippen LogP contribution in [0, 0.1) is 6.92 Å². The molecule has 0 fully saturated rings. The number of aromatic nitrogens is 1. The van der Waals surface area contributed by atoms with E-state index in [0.29, 0.717) is 18.0 Å². The van der Waals surface area contributed by atoms with Crippen LogP contribution >= 0.6 is 11.3 Å². The van der Waals surface area contributed by atoms with Gasteiger partial charge in [0, 0.05) is 23.6 Å². The van der Waals surface area contributed by atoms with Gasteiger partial charge in [-0.1, -0.05) is 0 Å². The van der Waals surface area contributed by atoms with Crippen molar-refractivity contribution < 1.29 is 14.3 Å². The molecule has 1 aromatic heterocycles. The molecule has 0 saturated carbocycles. The molecule has 0 aliphatic carbocycles. The van der Waals surface area contributed by atoms with Gasteiger partial charge in [-0.3, -0.25) is 4.79 Å². The van der Waals surface area contributed by atoms with Crippen LogP contribution in [0.5, 0.6) is 11.5 Å². The van der Waals surface area contributed by atoms with Gasteiger partial charge in [0.2, 0.25) is 5.91 Å². The molecule has 1 heterocycles. The summed E-state index contributed by atoms with van der Waals surface area (Å²) in [5.41, 5.74) is 0.997. The van der Waals surface area contributed by atoms with Gasteiger partial charge in [-0.25, -0.2) is 4.98 Å². The van der Waals surface area contributed by atoms with Crippen molar-refractivity contribution in [2.45, 2.75) is 19.8 Å². The highest BCUT2D eigenvalue weighted by atomic mass is 32.1. The number of benzene rings is 1. The zero-order chi connectivity index (χ0) is 15.2. The highest BCUT2D eigenvalue weighted by Gasteiger charge is 2.08. The van der Waals surface area contributed by atoms with Crippen LogP contribution in [0.3, 0.4) is 0 Å². The van der Waals surface area contributed by atoms with Gasteiger partial charge in [-0.05, 0) is 31.0 Å². The van der Waals surface area contributed by atoms with Gasteiger partial charge < -0.3 is 14.8 Å². The van der Waals surface area contributed by atoms with E-state index in [0.717, 1.165) is 21.9 Å². The molecule has 2 aromatic rings. The number of ether oxygens (including phenoxy) is 2. The Balaban J connectivity index is 1.94. The second kappa shape index (κ2) is 7.08. The molecule has 6 heteroatoms. The molecule has 1 amide bonds. The minimum atomic E-state index is -0.0499. The SMILES string of the molecule is COc1cc(CCC(=O)Nc2ncc(C)s2)cc(OC)c1. The third-order valence-corrected chi connectivity index (χ3v) is 3.75. The lowest BCUT2D eigenvalue weighted by molar-refractivity contribution is -0.116. The first-order valence-corrected chi connectivity index (χ1v) is 7.36. The standard InChI is InChI=1S/C15H18N2O3S/c1-10-9-16-15(21-10)17-14(18)5-4-11-6-12(19-2)8-13(7-11)20-3/h6-9H,4-5H2,1-3H3,(H,16,17,18).